The predicted molar refractivity (Wildman–Crippen MR) is 223 cm³/mol. The average molecular weight is 856 g/mol. The molecule has 0 saturated heterocycles. The second-order valence-electron chi connectivity index (χ2n) is 13.6. The Morgan fingerprint density at radius 2 is 1.86 bits per heavy atom. The highest BCUT2D eigenvalue weighted by Crippen LogP contribution is 2.34. The van der Waals surface area contributed by atoms with Crippen LogP contribution in [0.25, 0.3) is 10.2 Å². The summed E-state index contributed by atoms with van der Waals surface area (Å²) in [5, 5.41) is 35.6. The van der Waals surface area contributed by atoms with Gasteiger partial charge >= 0.3 is 5.97 Å². The number of aliphatic hydroxyl groups is 1. The number of hydrazine groups is 1. The van der Waals surface area contributed by atoms with Crippen molar-refractivity contribution >= 4 is 70.9 Å². The molecular formula is C38H46FN9O7S3. The van der Waals surface area contributed by atoms with Gasteiger partial charge in [0.15, 0.2) is 39.2 Å². The summed E-state index contributed by atoms with van der Waals surface area (Å²) in [4.78, 5) is 25.6. The molecule has 5 aromatic rings. The van der Waals surface area contributed by atoms with E-state index in [1.165, 1.54) is 39.8 Å². The lowest BCUT2D eigenvalue weighted by atomic mass is 10.1. The number of thiazole rings is 2. The van der Waals surface area contributed by atoms with E-state index in [2.05, 4.69) is 37.3 Å². The predicted octanol–water partition coefficient (Wildman–Crippen LogP) is 5.09. The highest BCUT2D eigenvalue weighted by Gasteiger charge is 2.24. The molecule has 6 N–H and O–H groups in total. The Morgan fingerprint density at radius 1 is 1.07 bits per heavy atom. The molecule has 310 valence electrons. The summed E-state index contributed by atoms with van der Waals surface area (Å²) in [7, 11) is -0.638. The first kappa shape index (κ1) is 44.3. The first-order valence-corrected chi connectivity index (χ1v) is 21.6. The van der Waals surface area contributed by atoms with E-state index in [9.17, 15) is 27.8 Å². The third-order valence-corrected chi connectivity index (χ3v) is 11.5. The van der Waals surface area contributed by atoms with Crippen molar-refractivity contribution in [2.45, 2.75) is 45.1 Å². The van der Waals surface area contributed by atoms with E-state index < -0.39 is 28.0 Å². The van der Waals surface area contributed by atoms with Gasteiger partial charge in [-0.05, 0) is 94.6 Å². The summed E-state index contributed by atoms with van der Waals surface area (Å²) < 4.78 is 52.6. The zero-order valence-electron chi connectivity index (χ0n) is 32.3. The Hall–Kier alpha value is -4.85. The van der Waals surface area contributed by atoms with E-state index in [1.807, 2.05) is 37.3 Å². The normalized spacial score (nSPS) is 12.2. The number of aromatic carboxylic acids is 1. The summed E-state index contributed by atoms with van der Waals surface area (Å²) in [6.45, 7) is 3.26. The fraction of sp³-hybridized carbons (Fsp3) is 0.395. The minimum absolute atomic E-state index is 0.0534. The van der Waals surface area contributed by atoms with E-state index in [1.54, 1.807) is 30.0 Å². The third-order valence-electron chi connectivity index (χ3n) is 8.57. The van der Waals surface area contributed by atoms with Crippen LogP contribution in [0.15, 0.2) is 48.5 Å². The van der Waals surface area contributed by atoms with Gasteiger partial charge in [-0.25, -0.2) is 24.2 Å². The van der Waals surface area contributed by atoms with Gasteiger partial charge in [-0.2, -0.15) is 8.42 Å². The van der Waals surface area contributed by atoms with Gasteiger partial charge in [0.05, 0.1) is 35.2 Å². The van der Waals surface area contributed by atoms with Crippen LogP contribution in [0.4, 0.5) is 26.3 Å². The molecule has 0 aliphatic heterocycles. The number of anilines is 4. The number of benzene rings is 2. The van der Waals surface area contributed by atoms with Crippen molar-refractivity contribution in [2.24, 2.45) is 5.84 Å². The second kappa shape index (κ2) is 20.7. The summed E-state index contributed by atoms with van der Waals surface area (Å²) in [5.41, 5.74) is 1.97. The molecule has 0 aliphatic carbocycles. The van der Waals surface area contributed by atoms with Gasteiger partial charge in [-0.15, -0.1) is 21.5 Å². The van der Waals surface area contributed by atoms with Crippen LogP contribution in [0.3, 0.4) is 0 Å². The molecule has 3 heterocycles. The molecule has 58 heavy (non-hydrogen) atoms. The number of likely N-dealkylation sites (N-methyl/N-ethyl adjacent to an activating group) is 1. The van der Waals surface area contributed by atoms with E-state index >= 15 is 0 Å². The van der Waals surface area contributed by atoms with Crippen molar-refractivity contribution < 1.29 is 37.1 Å². The first-order valence-electron chi connectivity index (χ1n) is 18.3. The molecular weight excluding hydrogens is 810 g/mol. The highest BCUT2D eigenvalue weighted by molar-refractivity contribution is 7.85. The van der Waals surface area contributed by atoms with Gasteiger partial charge in [0.1, 0.15) is 0 Å². The molecule has 0 amide bonds. The van der Waals surface area contributed by atoms with Crippen molar-refractivity contribution in [2.75, 3.05) is 62.9 Å². The number of aryl methyl sites for hydroxylation is 2. The number of nitrogens with two attached hydrogens (primary N) is 1. The first-order chi connectivity index (χ1) is 27.6. The van der Waals surface area contributed by atoms with Crippen molar-refractivity contribution in [1.82, 2.24) is 30.1 Å². The van der Waals surface area contributed by atoms with Crippen LogP contribution >= 0.6 is 22.7 Å². The van der Waals surface area contributed by atoms with E-state index in [0.717, 1.165) is 15.8 Å². The molecule has 5 rings (SSSR count). The number of hydrogen-bond donors (Lipinski definition) is 5. The molecule has 0 spiro atoms. The van der Waals surface area contributed by atoms with Crippen LogP contribution in [0.2, 0.25) is 0 Å². The van der Waals surface area contributed by atoms with Crippen LogP contribution in [0.5, 0.6) is 5.75 Å². The van der Waals surface area contributed by atoms with Crippen molar-refractivity contribution in [1.29, 1.82) is 0 Å². The number of rotatable bonds is 21. The fourth-order valence-corrected chi connectivity index (χ4v) is 8.26. The standard InChI is InChI=1S/C38H46FN9O7S3/c1-25-22-33(44-45-35(25)43-37-41-29-12-4-5-13-31(29)56-37)48(19-7-11-27(49)24-46(2)17-9-21-58(52,53)54)38-42-34(36(50)51)32(57-38)14-8-20-55-30-16-15-26(23-28(30)39)10-6-18-47(3)40/h4-5,12-13,15-16,22-23,27,49H,7-9,11,14,17-21,24,40H2,1-3H3,(H,50,51)(H,41,43,45)(H,52,53,54). The average Bonchev–Trinajstić information content (AvgIpc) is 3.77. The summed E-state index contributed by atoms with van der Waals surface area (Å²) >= 11 is 2.67. The highest BCUT2D eigenvalue weighted by atomic mass is 32.2. The minimum atomic E-state index is -4.07. The molecule has 20 heteroatoms. The SMILES string of the molecule is Cc1cc(N(CCCC(O)CN(C)CCCS(=O)(=O)O)c2nc(C(=O)O)c(CCCOc3ccc(C#CCN(C)N)cc3F)s2)nnc1Nc1nc2ccccc2s1. The lowest BCUT2D eigenvalue weighted by molar-refractivity contribution is 0.0690. The largest absolute Gasteiger partial charge is 0.491 e. The number of carboxylic acid groups (broad SMARTS) is 1. The summed E-state index contributed by atoms with van der Waals surface area (Å²) in [6, 6.07) is 14.0. The molecule has 0 bridgehead atoms. The second-order valence-corrected chi connectivity index (χ2v) is 17.2. The number of aromatic nitrogens is 4. The van der Waals surface area contributed by atoms with Crippen LogP contribution < -0.4 is 20.8 Å². The van der Waals surface area contributed by atoms with E-state index in [0.29, 0.717) is 77.7 Å². The van der Waals surface area contributed by atoms with Crippen molar-refractivity contribution in [3.8, 4) is 17.6 Å². The number of nitrogens with one attached hydrogen (secondary N) is 1. The number of hydrogen-bond acceptors (Lipinski definition) is 16. The topological polar surface area (TPSA) is 220 Å². The number of carboxylic acids is 1. The monoisotopic (exact) mass is 855 g/mol. The van der Waals surface area contributed by atoms with Gasteiger partial charge < -0.3 is 30.1 Å². The number of nitrogens with zero attached hydrogens (tertiary/aromatic N) is 7. The Morgan fingerprint density at radius 3 is 2.57 bits per heavy atom. The van der Waals surface area contributed by atoms with Gasteiger partial charge in [0.2, 0.25) is 0 Å². The van der Waals surface area contributed by atoms with E-state index in [4.69, 9.17) is 15.1 Å². The molecule has 2 aromatic carbocycles. The minimum Gasteiger partial charge on any atom is -0.491 e. The molecule has 0 fully saturated rings. The molecule has 1 unspecified atom stereocenters. The summed E-state index contributed by atoms with van der Waals surface area (Å²) in [5.74, 6) is 10.1. The van der Waals surface area contributed by atoms with Gasteiger partial charge in [-0.1, -0.05) is 35.3 Å². The number of para-hydroxylation sites is 1. The molecule has 16 nitrogen and oxygen atoms in total. The number of fused-ring (bicyclic) bond motifs is 1. The summed E-state index contributed by atoms with van der Waals surface area (Å²) in [6.07, 6.45) is 0.955. The third kappa shape index (κ3) is 13.4. The maximum Gasteiger partial charge on any atom is 0.355 e. The molecule has 0 aliphatic rings. The molecule has 3 aromatic heterocycles. The Kier molecular flexibility index (Phi) is 15.8. The Labute approximate surface area is 344 Å². The maximum absolute atomic E-state index is 14.7. The quantitative estimate of drug-likeness (QED) is 0.0213. The number of ether oxygens (including phenoxy) is 1. The zero-order chi connectivity index (χ0) is 41.8. The van der Waals surface area contributed by atoms with Crippen LogP contribution in [0.1, 0.15) is 52.2 Å². The van der Waals surface area contributed by atoms with Gasteiger partial charge in [0, 0.05) is 30.6 Å². The Bertz CT molecular complexity index is 2320. The zero-order valence-corrected chi connectivity index (χ0v) is 34.7. The maximum atomic E-state index is 14.7. The molecule has 0 saturated carbocycles. The van der Waals surface area contributed by atoms with Crippen LogP contribution in [-0.4, -0.2) is 118 Å². The van der Waals surface area contributed by atoms with Crippen LogP contribution in [0, 0.1) is 24.6 Å². The number of aliphatic hydroxyl groups excluding tert-OH is 1. The molecule has 1 atom stereocenters. The van der Waals surface area contributed by atoms with Crippen LogP contribution in [-0.2, 0) is 16.5 Å². The molecule has 0 radical (unpaired) electrons. The van der Waals surface area contributed by atoms with Gasteiger partial charge in [-0.3, -0.25) is 10.4 Å². The Balaban J connectivity index is 1.29. The van der Waals surface area contributed by atoms with E-state index in [-0.39, 0.29) is 36.8 Å². The van der Waals surface area contributed by atoms with Gasteiger partial charge in [0.25, 0.3) is 10.1 Å². The number of halogens is 1. The lowest BCUT2D eigenvalue weighted by Gasteiger charge is -2.23. The number of carbonyl (C=O) groups is 1. The van der Waals surface area contributed by atoms with Crippen molar-refractivity contribution in [3.05, 3.63) is 76.0 Å². The smallest absolute Gasteiger partial charge is 0.355 e. The fourth-order valence-electron chi connectivity index (χ4n) is 5.77. The van der Waals surface area contributed by atoms with Crippen molar-refractivity contribution in [3.63, 3.8) is 0 Å². The lowest BCUT2D eigenvalue weighted by Crippen LogP contribution is -2.31.